The number of likely N-dealkylation sites (N-methyl/N-ethyl adjacent to an activating group) is 1. The zero-order valence-electron chi connectivity index (χ0n) is 15.5. The average Bonchev–Trinajstić information content (AvgIpc) is 2.57. The van der Waals surface area contributed by atoms with Gasteiger partial charge in [0, 0.05) is 30.2 Å². The molecule has 1 aliphatic heterocycles. The van der Waals surface area contributed by atoms with Crippen LogP contribution in [0.4, 0.5) is 0 Å². The molecule has 7 N–H and O–H groups in total. The van der Waals surface area contributed by atoms with Crippen molar-refractivity contribution in [2.75, 3.05) is 13.3 Å². The third-order valence-electron chi connectivity index (χ3n) is 5.11. The summed E-state index contributed by atoms with van der Waals surface area (Å²) < 4.78 is 3.41. The minimum absolute atomic E-state index is 0.166. The molecule has 0 saturated carbocycles. The molecule has 2 rings (SSSR count). The third kappa shape index (κ3) is 5.69. The van der Waals surface area contributed by atoms with E-state index in [9.17, 15) is 0 Å². The molecule has 0 aromatic carbocycles. The van der Waals surface area contributed by atoms with Crippen LogP contribution in [0.25, 0.3) is 0 Å². The molecule has 140 valence electrons. The van der Waals surface area contributed by atoms with Gasteiger partial charge in [0.15, 0.2) is 0 Å². The van der Waals surface area contributed by atoms with Crippen molar-refractivity contribution in [2.24, 2.45) is 5.73 Å². The van der Waals surface area contributed by atoms with Crippen molar-refractivity contribution in [3.8, 4) is 0 Å². The summed E-state index contributed by atoms with van der Waals surface area (Å²) in [5, 5.41) is 14.6. The van der Waals surface area contributed by atoms with Gasteiger partial charge in [-0.2, -0.15) is 0 Å². The van der Waals surface area contributed by atoms with E-state index in [2.05, 4.69) is 58.2 Å². The Bertz CT molecular complexity index is 391. The van der Waals surface area contributed by atoms with Gasteiger partial charge in [0.2, 0.25) is 0 Å². The van der Waals surface area contributed by atoms with Gasteiger partial charge in [0.05, 0.1) is 12.3 Å². The van der Waals surface area contributed by atoms with Gasteiger partial charge < -0.3 is 11.1 Å². The Morgan fingerprint density at radius 2 is 2.04 bits per heavy atom. The monoisotopic (exact) mass is 356 g/mol. The zero-order valence-corrected chi connectivity index (χ0v) is 16.3. The first-order chi connectivity index (χ1) is 11.5. The predicted octanol–water partition coefficient (Wildman–Crippen LogP) is 0.480. The van der Waals surface area contributed by atoms with Crippen LogP contribution >= 0.6 is 11.9 Å². The summed E-state index contributed by atoms with van der Waals surface area (Å²) in [6.07, 6.45) is 11.6. The summed E-state index contributed by atoms with van der Waals surface area (Å²) in [5.41, 5.74) is 6.07. The van der Waals surface area contributed by atoms with E-state index < -0.39 is 0 Å². The molecule has 1 saturated heterocycles. The summed E-state index contributed by atoms with van der Waals surface area (Å²) in [6, 6.07) is 1.89. The van der Waals surface area contributed by atoms with Crippen LogP contribution in [-0.4, -0.2) is 55.8 Å². The van der Waals surface area contributed by atoms with Crippen molar-refractivity contribution >= 4 is 11.9 Å². The van der Waals surface area contributed by atoms with Crippen LogP contribution in [0.3, 0.4) is 0 Å². The van der Waals surface area contributed by atoms with Crippen LogP contribution in [0.1, 0.15) is 39.5 Å². The lowest BCUT2D eigenvalue weighted by atomic mass is 9.93. The van der Waals surface area contributed by atoms with Crippen molar-refractivity contribution in [1.29, 1.82) is 0 Å². The van der Waals surface area contributed by atoms with Crippen LogP contribution in [0.5, 0.6) is 0 Å². The molecule has 0 bridgehead atoms. The van der Waals surface area contributed by atoms with Crippen molar-refractivity contribution in [2.45, 2.75) is 82.1 Å². The number of hydrogen-bond donors (Lipinski definition) is 6. The molecule has 1 heterocycles. The standard InChI is InChI=1S/C17H36N6S/c1-11(9-10-13(12(2)18)23-24-4)20-17-16(19-3)21-14-7-5-6-8-15(14)22-17/h5,7,11-17,19-23H,6,8-10,18H2,1-4H3/t11?,12-,13?,14?,15?,16?,17?/m1/s1. The lowest BCUT2D eigenvalue weighted by Crippen LogP contribution is -2.73. The van der Waals surface area contributed by atoms with Crippen molar-refractivity contribution in [1.82, 2.24) is 26.0 Å². The zero-order chi connectivity index (χ0) is 17.5. The SMILES string of the molecule is CNC1NC2C=CCCC2NC1NC(C)CCC(NSC)[C@@H](C)N. The van der Waals surface area contributed by atoms with Gasteiger partial charge in [0.25, 0.3) is 0 Å². The topological polar surface area (TPSA) is 86.2 Å². The molecule has 1 fully saturated rings. The van der Waals surface area contributed by atoms with Crippen LogP contribution in [-0.2, 0) is 0 Å². The van der Waals surface area contributed by atoms with E-state index >= 15 is 0 Å². The largest absolute Gasteiger partial charge is 0.327 e. The molecule has 0 radical (unpaired) electrons. The van der Waals surface area contributed by atoms with Crippen LogP contribution in [0, 0.1) is 0 Å². The molecule has 0 aromatic heterocycles. The van der Waals surface area contributed by atoms with E-state index in [1.165, 1.54) is 12.8 Å². The predicted molar refractivity (Wildman–Crippen MR) is 105 cm³/mol. The number of fused-ring (bicyclic) bond motifs is 1. The summed E-state index contributed by atoms with van der Waals surface area (Å²) in [7, 11) is 2.01. The number of allylic oxidation sites excluding steroid dienone is 1. The quantitative estimate of drug-likeness (QED) is 0.265. The fraction of sp³-hybridized carbons (Fsp3) is 0.882. The van der Waals surface area contributed by atoms with Crippen molar-refractivity contribution in [3.05, 3.63) is 12.2 Å². The van der Waals surface area contributed by atoms with Crippen LogP contribution in [0.2, 0.25) is 0 Å². The number of rotatable bonds is 9. The van der Waals surface area contributed by atoms with E-state index in [4.69, 9.17) is 5.73 Å². The Balaban J connectivity index is 1.83. The molecule has 1 aliphatic carbocycles. The van der Waals surface area contributed by atoms with Crippen molar-refractivity contribution < 1.29 is 0 Å². The van der Waals surface area contributed by atoms with E-state index in [-0.39, 0.29) is 18.4 Å². The van der Waals surface area contributed by atoms with Gasteiger partial charge in [-0.05, 0) is 52.8 Å². The molecule has 24 heavy (non-hydrogen) atoms. The maximum absolute atomic E-state index is 6.07. The van der Waals surface area contributed by atoms with Gasteiger partial charge in [-0.25, -0.2) is 0 Å². The van der Waals surface area contributed by atoms with Crippen LogP contribution in [0.15, 0.2) is 12.2 Å². The molecule has 7 atom stereocenters. The first-order valence-corrected chi connectivity index (χ1v) is 10.4. The normalized spacial score (nSPS) is 33.7. The van der Waals surface area contributed by atoms with Gasteiger partial charge in [-0.15, -0.1) is 0 Å². The van der Waals surface area contributed by atoms with Gasteiger partial charge >= 0.3 is 0 Å². The minimum atomic E-state index is 0.166. The average molecular weight is 357 g/mol. The Hall–Kier alpha value is -0.150. The molecule has 6 unspecified atom stereocenters. The van der Waals surface area contributed by atoms with Gasteiger partial charge in [-0.1, -0.05) is 24.1 Å². The first-order valence-electron chi connectivity index (χ1n) is 9.21. The molecular weight excluding hydrogens is 320 g/mol. The lowest BCUT2D eigenvalue weighted by molar-refractivity contribution is 0.163. The maximum atomic E-state index is 6.07. The van der Waals surface area contributed by atoms with E-state index in [0.29, 0.717) is 24.2 Å². The summed E-state index contributed by atoms with van der Waals surface area (Å²) in [6.45, 7) is 4.34. The Labute approximate surface area is 151 Å². The fourth-order valence-corrected chi connectivity index (χ4v) is 4.25. The highest BCUT2D eigenvalue weighted by molar-refractivity contribution is 7.96. The molecular formula is C17H36N6S. The smallest absolute Gasteiger partial charge is 0.0871 e. The van der Waals surface area contributed by atoms with Crippen molar-refractivity contribution in [3.63, 3.8) is 0 Å². The van der Waals surface area contributed by atoms with E-state index in [1.807, 2.05) is 7.05 Å². The summed E-state index contributed by atoms with van der Waals surface area (Å²) >= 11 is 1.65. The number of nitrogens with one attached hydrogen (secondary N) is 5. The highest BCUT2D eigenvalue weighted by Gasteiger charge is 2.35. The highest BCUT2D eigenvalue weighted by atomic mass is 32.2. The third-order valence-corrected chi connectivity index (χ3v) is 5.65. The van der Waals surface area contributed by atoms with E-state index in [0.717, 1.165) is 12.8 Å². The van der Waals surface area contributed by atoms with Crippen LogP contribution < -0.4 is 31.7 Å². The fourth-order valence-electron chi connectivity index (χ4n) is 3.62. The Kier molecular flexibility index (Phi) is 8.49. The first kappa shape index (κ1) is 20.2. The minimum Gasteiger partial charge on any atom is -0.327 e. The number of nitrogens with two attached hydrogens (primary N) is 1. The van der Waals surface area contributed by atoms with Gasteiger partial charge in [-0.3, -0.25) is 20.7 Å². The molecule has 0 aromatic rings. The highest BCUT2D eigenvalue weighted by Crippen LogP contribution is 2.17. The van der Waals surface area contributed by atoms with Gasteiger partial charge in [0.1, 0.15) is 0 Å². The Morgan fingerprint density at radius 3 is 2.71 bits per heavy atom. The van der Waals surface area contributed by atoms with E-state index in [1.54, 1.807) is 11.9 Å². The second-order valence-corrected chi connectivity index (χ2v) is 7.79. The summed E-state index contributed by atoms with van der Waals surface area (Å²) in [5.74, 6) is 0. The number of piperazine rings is 1. The second-order valence-electron chi connectivity index (χ2n) is 7.15. The maximum Gasteiger partial charge on any atom is 0.0871 e. The summed E-state index contributed by atoms with van der Waals surface area (Å²) in [4.78, 5) is 0. The molecule has 7 heteroatoms. The Morgan fingerprint density at radius 1 is 1.25 bits per heavy atom. The number of hydrogen-bond acceptors (Lipinski definition) is 7. The molecule has 6 nitrogen and oxygen atoms in total. The second kappa shape index (κ2) is 10.1. The molecule has 0 amide bonds. The molecule has 2 aliphatic rings. The molecule has 0 spiro atoms. The lowest BCUT2D eigenvalue weighted by Gasteiger charge is -2.45.